The van der Waals surface area contributed by atoms with E-state index in [-0.39, 0.29) is 0 Å². The molecule has 1 nitrogen and oxygen atoms in total. The van der Waals surface area contributed by atoms with Crippen molar-refractivity contribution < 1.29 is 0 Å². The van der Waals surface area contributed by atoms with E-state index in [4.69, 9.17) is 5.73 Å². The summed E-state index contributed by atoms with van der Waals surface area (Å²) in [6.07, 6.45) is 4.21. The zero-order valence-electron chi connectivity index (χ0n) is 9.83. The number of aryl methyl sites for hydroxylation is 1. The zero-order chi connectivity index (χ0) is 11.5. The molecule has 82 valence electrons. The molecule has 0 aliphatic rings. The highest BCUT2D eigenvalue weighted by Crippen LogP contribution is 2.26. The Morgan fingerprint density at radius 3 is 2.69 bits per heavy atom. The van der Waals surface area contributed by atoms with Gasteiger partial charge < -0.3 is 5.73 Å². The van der Waals surface area contributed by atoms with Crippen molar-refractivity contribution in [3.63, 3.8) is 0 Å². The average Bonchev–Trinajstić information content (AvgIpc) is 2.30. The molecular weight excluding hydrogens is 194 g/mol. The predicted molar refractivity (Wildman–Crippen MR) is 71.3 cm³/mol. The molecule has 2 rings (SSSR count). The van der Waals surface area contributed by atoms with Gasteiger partial charge in [0.25, 0.3) is 0 Å². The summed E-state index contributed by atoms with van der Waals surface area (Å²) in [7, 11) is 0. The fourth-order valence-corrected chi connectivity index (χ4v) is 2.21. The lowest BCUT2D eigenvalue weighted by molar-refractivity contribution is 1.08. The normalized spacial score (nSPS) is 11.4. The van der Waals surface area contributed by atoms with Gasteiger partial charge in [-0.2, -0.15) is 0 Å². The van der Waals surface area contributed by atoms with Crippen molar-refractivity contribution in [2.24, 2.45) is 5.73 Å². The Labute approximate surface area is 96.6 Å². The summed E-state index contributed by atoms with van der Waals surface area (Å²) in [4.78, 5) is 0. The van der Waals surface area contributed by atoms with Gasteiger partial charge in [0, 0.05) is 6.54 Å². The lowest BCUT2D eigenvalue weighted by Gasteiger charge is -2.12. The first-order valence-corrected chi connectivity index (χ1v) is 5.62. The average molecular weight is 211 g/mol. The van der Waals surface area contributed by atoms with Crippen molar-refractivity contribution in [1.82, 2.24) is 0 Å². The van der Waals surface area contributed by atoms with Crippen LogP contribution in [-0.2, 0) is 6.54 Å². The van der Waals surface area contributed by atoms with Crippen LogP contribution < -0.4 is 5.73 Å². The maximum absolute atomic E-state index is 5.88. The van der Waals surface area contributed by atoms with Gasteiger partial charge >= 0.3 is 0 Å². The summed E-state index contributed by atoms with van der Waals surface area (Å²) >= 11 is 0. The molecule has 0 aliphatic heterocycles. The third kappa shape index (κ3) is 1.74. The number of nitrogens with two attached hydrogens (primary N) is 1. The second kappa shape index (κ2) is 4.50. The minimum atomic E-state index is 0.585. The molecule has 0 fully saturated rings. The minimum Gasteiger partial charge on any atom is -0.326 e. The Morgan fingerprint density at radius 2 is 2.00 bits per heavy atom. The first-order chi connectivity index (χ1) is 7.77. The lowest BCUT2D eigenvalue weighted by atomic mass is 9.94. The number of benzene rings is 2. The van der Waals surface area contributed by atoms with Crippen LogP contribution >= 0.6 is 0 Å². The van der Waals surface area contributed by atoms with E-state index in [0.29, 0.717) is 6.54 Å². The topological polar surface area (TPSA) is 26.0 Å². The molecule has 0 unspecified atom stereocenters. The maximum Gasteiger partial charge on any atom is 0.0190 e. The van der Waals surface area contributed by atoms with Crippen LogP contribution in [0.5, 0.6) is 0 Å². The van der Waals surface area contributed by atoms with E-state index >= 15 is 0 Å². The van der Waals surface area contributed by atoms with E-state index in [9.17, 15) is 0 Å². The first kappa shape index (κ1) is 10.9. The summed E-state index contributed by atoms with van der Waals surface area (Å²) < 4.78 is 0. The Balaban J connectivity index is 2.84. The van der Waals surface area contributed by atoms with Gasteiger partial charge in [-0.15, -0.1) is 0 Å². The number of hydrogen-bond donors (Lipinski definition) is 1. The molecule has 0 bridgehead atoms. The Kier molecular flexibility index (Phi) is 3.07. The van der Waals surface area contributed by atoms with Gasteiger partial charge in [0.1, 0.15) is 0 Å². The van der Waals surface area contributed by atoms with Crippen molar-refractivity contribution in [2.75, 3.05) is 0 Å². The van der Waals surface area contributed by atoms with Crippen LogP contribution in [0, 0.1) is 6.92 Å². The molecule has 2 aromatic rings. The van der Waals surface area contributed by atoms with Crippen molar-refractivity contribution in [1.29, 1.82) is 0 Å². The summed E-state index contributed by atoms with van der Waals surface area (Å²) in [5.74, 6) is 0. The quantitative estimate of drug-likeness (QED) is 0.806. The monoisotopic (exact) mass is 211 g/mol. The Morgan fingerprint density at radius 1 is 1.25 bits per heavy atom. The van der Waals surface area contributed by atoms with Gasteiger partial charge in [-0.1, -0.05) is 42.5 Å². The van der Waals surface area contributed by atoms with Crippen molar-refractivity contribution in [3.05, 3.63) is 53.1 Å². The molecule has 0 saturated carbocycles. The van der Waals surface area contributed by atoms with Crippen LogP contribution in [-0.4, -0.2) is 0 Å². The third-order valence-corrected chi connectivity index (χ3v) is 2.95. The fourth-order valence-electron chi connectivity index (χ4n) is 2.21. The molecule has 0 radical (unpaired) electrons. The second-order valence-electron chi connectivity index (χ2n) is 4.01. The number of allylic oxidation sites excluding steroid dienone is 1. The molecule has 0 heterocycles. The number of hydrogen-bond acceptors (Lipinski definition) is 1. The van der Waals surface area contributed by atoms with Gasteiger partial charge in [-0.3, -0.25) is 0 Å². The molecule has 0 atom stereocenters. The zero-order valence-corrected chi connectivity index (χ0v) is 9.83. The van der Waals surface area contributed by atoms with Gasteiger partial charge in [-0.25, -0.2) is 0 Å². The molecule has 0 saturated heterocycles. The predicted octanol–water partition coefficient (Wildman–Crippen LogP) is 3.64. The maximum atomic E-state index is 5.88. The van der Waals surface area contributed by atoms with E-state index in [1.165, 1.54) is 27.5 Å². The van der Waals surface area contributed by atoms with Gasteiger partial charge in [0.2, 0.25) is 0 Å². The van der Waals surface area contributed by atoms with E-state index in [1.807, 2.05) is 6.92 Å². The standard InChI is InChI=1S/C15H17N/c1-3-6-13-11(2)9-12-7-4-5-8-14(12)15(13)10-16/h3-9H,10,16H2,1-2H3/b6-3-. The van der Waals surface area contributed by atoms with Crippen LogP contribution in [0.4, 0.5) is 0 Å². The molecule has 16 heavy (non-hydrogen) atoms. The van der Waals surface area contributed by atoms with Crippen molar-refractivity contribution in [3.8, 4) is 0 Å². The van der Waals surface area contributed by atoms with Gasteiger partial charge in [0.05, 0.1) is 0 Å². The highest BCUT2D eigenvalue weighted by Gasteiger charge is 2.06. The van der Waals surface area contributed by atoms with Crippen LogP contribution in [0.15, 0.2) is 36.4 Å². The molecule has 0 aliphatic carbocycles. The number of rotatable bonds is 2. The highest BCUT2D eigenvalue weighted by atomic mass is 14.5. The second-order valence-corrected chi connectivity index (χ2v) is 4.01. The van der Waals surface area contributed by atoms with E-state index in [2.05, 4.69) is 49.4 Å². The molecule has 2 N–H and O–H groups in total. The lowest BCUT2D eigenvalue weighted by Crippen LogP contribution is -2.02. The summed E-state index contributed by atoms with van der Waals surface area (Å²) in [5.41, 5.74) is 9.68. The molecule has 0 spiro atoms. The summed E-state index contributed by atoms with van der Waals surface area (Å²) in [6.45, 7) is 4.76. The molecule has 2 aromatic carbocycles. The van der Waals surface area contributed by atoms with E-state index in [0.717, 1.165) is 0 Å². The first-order valence-electron chi connectivity index (χ1n) is 5.62. The van der Waals surface area contributed by atoms with Crippen LogP contribution in [0.1, 0.15) is 23.6 Å². The Hall–Kier alpha value is -1.60. The van der Waals surface area contributed by atoms with E-state index in [1.54, 1.807) is 0 Å². The molecule has 0 aromatic heterocycles. The van der Waals surface area contributed by atoms with Gasteiger partial charge in [-0.05, 0) is 41.3 Å². The highest BCUT2D eigenvalue weighted by molar-refractivity contribution is 5.90. The SMILES string of the molecule is C/C=C\c1c(C)cc2ccccc2c1CN. The summed E-state index contributed by atoms with van der Waals surface area (Å²) in [5, 5.41) is 2.54. The van der Waals surface area contributed by atoms with Crippen LogP contribution in [0.2, 0.25) is 0 Å². The number of fused-ring (bicyclic) bond motifs is 1. The van der Waals surface area contributed by atoms with Crippen molar-refractivity contribution >= 4 is 16.8 Å². The Bertz CT molecular complexity index is 538. The third-order valence-electron chi connectivity index (χ3n) is 2.95. The van der Waals surface area contributed by atoms with Gasteiger partial charge in [0.15, 0.2) is 0 Å². The molecular formula is C15H17N. The van der Waals surface area contributed by atoms with E-state index < -0.39 is 0 Å². The smallest absolute Gasteiger partial charge is 0.0190 e. The largest absolute Gasteiger partial charge is 0.326 e. The summed E-state index contributed by atoms with van der Waals surface area (Å²) in [6, 6.07) is 10.6. The molecule has 0 amide bonds. The van der Waals surface area contributed by atoms with Crippen molar-refractivity contribution in [2.45, 2.75) is 20.4 Å². The minimum absolute atomic E-state index is 0.585. The van der Waals surface area contributed by atoms with Crippen LogP contribution in [0.25, 0.3) is 16.8 Å². The fraction of sp³-hybridized carbons (Fsp3) is 0.200. The van der Waals surface area contributed by atoms with Crippen LogP contribution in [0.3, 0.4) is 0 Å². The molecule has 1 heteroatoms.